The van der Waals surface area contributed by atoms with Gasteiger partial charge in [0.25, 0.3) is 0 Å². The van der Waals surface area contributed by atoms with Gasteiger partial charge in [0.15, 0.2) is 69.8 Å². The lowest BCUT2D eigenvalue weighted by Gasteiger charge is -2.48. The Bertz CT molecular complexity index is 2290. The zero-order valence-corrected chi connectivity index (χ0v) is 43.8. The van der Waals surface area contributed by atoms with Crippen molar-refractivity contribution in [2.45, 2.75) is 194 Å². The lowest BCUT2D eigenvalue weighted by Crippen LogP contribution is -3.00. The normalized spacial score (nSPS) is 16.3. The highest BCUT2D eigenvalue weighted by Crippen LogP contribution is 2.47. The third-order valence-corrected chi connectivity index (χ3v) is 16.7. The van der Waals surface area contributed by atoms with Crippen molar-refractivity contribution in [3.8, 4) is 0 Å². The maximum Gasteiger partial charge on any atom is 0.200 e. The van der Waals surface area contributed by atoms with Crippen LogP contribution in [-0.4, -0.2) is 18.2 Å². The second kappa shape index (κ2) is 27.3. The van der Waals surface area contributed by atoms with Gasteiger partial charge in [0.1, 0.15) is 52.7 Å². The fraction of sp³-hybridized carbons (Fsp3) is 0.571. The minimum atomic E-state index is -7.22. The highest BCUT2D eigenvalue weighted by atomic mass is 19.2. The van der Waals surface area contributed by atoms with Crippen LogP contribution in [-0.2, 0) is 0 Å². The fourth-order valence-electron chi connectivity index (χ4n) is 12.8. The smallest absolute Gasteiger partial charge is 0.200 e. The van der Waals surface area contributed by atoms with E-state index in [-0.39, 0.29) is 0 Å². The van der Waals surface area contributed by atoms with Crippen LogP contribution in [0.5, 0.6) is 0 Å². The van der Waals surface area contributed by atoms with Gasteiger partial charge >= 0.3 is 0 Å². The van der Waals surface area contributed by atoms with Gasteiger partial charge in [0, 0.05) is 10.8 Å². The van der Waals surface area contributed by atoms with Gasteiger partial charge < -0.3 is 5.32 Å². The molecule has 0 spiro atoms. The maximum absolute atomic E-state index is 15.4. The molecule has 1 nitrogen and oxygen atoms in total. The molecule has 0 saturated heterocycles. The van der Waals surface area contributed by atoms with E-state index in [1.807, 2.05) is 0 Å². The van der Waals surface area contributed by atoms with Gasteiger partial charge in [-0.05, 0) is 64.2 Å². The third kappa shape index (κ3) is 12.1. The topological polar surface area (TPSA) is 16.6 Å². The van der Waals surface area contributed by atoms with Crippen molar-refractivity contribution in [1.29, 1.82) is 0 Å². The van der Waals surface area contributed by atoms with Crippen molar-refractivity contribution in [1.82, 2.24) is 0 Å². The Hall–Kier alpha value is -4.50. The van der Waals surface area contributed by atoms with Crippen LogP contribution in [0, 0.1) is 127 Å². The number of unbranched alkanes of at least 4 members (excludes halogenated alkanes) is 6. The summed E-state index contributed by atoms with van der Waals surface area (Å²) in [6, 6.07) is 1.78. The van der Waals surface area contributed by atoms with Gasteiger partial charge in [-0.2, -0.15) is 0 Å². The van der Waals surface area contributed by atoms with Crippen molar-refractivity contribution in [3.63, 3.8) is 0 Å². The number of halogens is 20. The predicted octanol–water partition coefficient (Wildman–Crippen LogP) is 15.6. The minimum absolute atomic E-state index is 0.644. The predicted molar refractivity (Wildman–Crippen MR) is 257 cm³/mol. The van der Waals surface area contributed by atoms with E-state index in [1.54, 1.807) is 0 Å². The Balaban J connectivity index is 0.000000302. The van der Waals surface area contributed by atoms with E-state index in [2.05, 4.69) is 33.0 Å². The summed E-state index contributed by atoms with van der Waals surface area (Å²) in [4.78, 5) is 0. The summed E-state index contributed by atoms with van der Waals surface area (Å²) >= 11 is 0. The van der Waals surface area contributed by atoms with Gasteiger partial charge in [0.05, 0.1) is 12.1 Å². The molecule has 22 heteroatoms. The van der Waals surface area contributed by atoms with E-state index in [0.29, 0.717) is 10.8 Å². The van der Waals surface area contributed by atoms with Gasteiger partial charge in [-0.15, -0.1) is 21.9 Å². The molecule has 6 rings (SSSR count). The standard InChI is InChI=1S/C32H63N.C24BF20/c1-5-9-15-21-29(31(23-11-7-3)25-17-13-18-26-31)33-30(22-16-10-6-2)32(24-12-8-4)27-19-14-20-28-32;26-5-1(6(27)14(35)21(42)13(5)34)25(2-7(28)15(36)22(43)16(37)8(2)29,3-9(30)17(38)23(44)18(39)10(3)31)4-11(32)19(40)24(45)20(41)12(4)33/h29-30,33H,5-28H2,1-4H3;/q;-1/p+1. The van der Waals surface area contributed by atoms with Crippen molar-refractivity contribution < 1.29 is 93.1 Å². The average Bonchev–Trinajstić information content (AvgIpc) is 3.45. The van der Waals surface area contributed by atoms with E-state index in [1.165, 1.54) is 154 Å². The number of hydrogen-bond donors (Lipinski definition) is 1. The van der Waals surface area contributed by atoms with Crippen molar-refractivity contribution in [2.75, 3.05) is 0 Å². The van der Waals surface area contributed by atoms with Crippen LogP contribution in [0.4, 0.5) is 87.8 Å². The van der Waals surface area contributed by atoms with Crippen LogP contribution in [0.2, 0.25) is 0 Å². The minimum Gasteiger partial charge on any atom is -0.340 e. The van der Waals surface area contributed by atoms with Gasteiger partial charge in [-0.25, -0.2) is 87.8 Å². The molecule has 4 aromatic rings. The summed E-state index contributed by atoms with van der Waals surface area (Å²) in [6.45, 7) is 9.62. The Labute approximate surface area is 441 Å². The number of benzene rings is 4. The summed E-state index contributed by atoms with van der Waals surface area (Å²) in [7, 11) is 0. The molecule has 2 aliphatic rings. The van der Waals surface area contributed by atoms with Crippen molar-refractivity contribution in [2.24, 2.45) is 10.8 Å². The molecule has 2 N–H and O–H groups in total. The van der Waals surface area contributed by atoms with E-state index in [4.69, 9.17) is 0 Å². The summed E-state index contributed by atoms with van der Waals surface area (Å²) in [5.41, 5.74) is -13.0. The largest absolute Gasteiger partial charge is 0.340 e. The van der Waals surface area contributed by atoms with Gasteiger partial charge in [0.2, 0.25) is 0 Å². The molecular formula is C56H64BF20N. The van der Waals surface area contributed by atoms with Crippen LogP contribution in [0.25, 0.3) is 0 Å². The monoisotopic (exact) mass is 1140 g/mol. The molecule has 0 heterocycles. The summed E-state index contributed by atoms with van der Waals surface area (Å²) in [5.74, 6) is -71.4. The van der Waals surface area contributed by atoms with Gasteiger partial charge in [-0.1, -0.05) is 118 Å². The Morgan fingerprint density at radius 3 is 0.705 bits per heavy atom. The van der Waals surface area contributed by atoms with Crippen LogP contribution < -0.4 is 27.2 Å². The summed E-state index contributed by atoms with van der Waals surface area (Å²) < 4.78 is 294. The Morgan fingerprint density at radius 1 is 0.295 bits per heavy atom. The first-order valence-corrected chi connectivity index (χ1v) is 26.9. The fourth-order valence-corrected chi connectivity index (χ4v) is 12.8. The number of nitrogens with two attached hydrogens (primary N) is 1. The van der Waals surface area contributed by atoms with Crippen LogP contribution >= 0.6 is 0 Å². The average molecular weight is 1140 g/mol. The maximum atomic E-state index is 15.4. The highest BCUT2D eigenvalue weighted by Gasteiger charge is 2.53. The first-order valence-electron chi connectivity index (χ1n) is 26.9. The molecular weight excluding hydrogens is 1080 g/mol. The lowest BCUT2D eigenvalue weighted by molar-refractivity contribution is -0.748. The first-order chi connectivity index (χ1) is 36.9. The highest BCUT2D eigenvalue weighted by molar-refractivity contribution is 7.20. The number of hydrogen-bond acceptors (Lipinski definition) is 0. The molecule has 4 aromatic carbocycles. The second-order valence-corrected chi connectivity index (χ2v) is 21.3. The summed E-state index contributed by atoms with van der Waals surface area (Å²) in [5, 5.41) is 3.10. The molecule has 78 heavy (non-hydrogen) atoms. The molecule has 2 aliphatic carbocycles. The molecule has 0 amide bonds. The SMILES string of the molecule is CCCCCC([NH2+]C(CCCCC)C1(CCCC)CCCCC1)C1(CCCC)CCCCC1.Fc1c(F)c(F)c([B-](c2c(F)c(F)c(F)c(F)c2F)(c2c(F)c(F)c(F)c(F)c2F)c2c(F)c(F)c(F)c(F)c2F)c(F)c1F. The molecule has 2 saturated carbocycles. The Kier molecular flexibility index (Phi) is 22.5. The molecule has 0 bridgehead atoms. The number of rotatable bonds is 22. The zero-order chi connectivity index (χ0) is 58.2. The van der Waals surface area contributed by atoms with Crippen LogP contribution in [0.3, 0.4) is 0 Å². The molecule has 0 aliphatic heterocycles. The zero-order valence-electron chi connectivity index (χ0n) is 43.8. The number of quaternary nitrogens is 1. The van der Waals surface area contributed by atoms with Crippen LogP contribution in [0.1, 0.15) is 182 Å². The molecule has 436 valence electrons. The van der Waals surface area contributed by atoms with Crippen molar-refractivity contribution in [3.05, 3.63) is 116 Å². The van der Waals surface area contributed by atoms with Crippen LogP contribution in [0.15, 0.2) is 0 Å². The third-order valence-electron chi connectivity index (χ3n) is 16.7. The van der Waals surface area contributed by atoms with E-state index in [9.17, 15) is 52.7 Å². The van der Waals surface area contributed by atoms with Crippen molar-refractivity contribution >= 4 is 28.0 Å². The lowest BCUT2D eigenvalue weighted by atomic mass is 9.12. The van der Waals surface area contributed by atoms with E-state index in [0.717, 1.165) is 12.1 Å². The first kappa shape index (κ1) is 64.3. The Morgan fingerprint density at radius 2 is 0.500 bits per heavy atom. The van der Waals surface area contributed by atoms with E-state index < -0.39 is 144 Å². The molecule has 2 fully saturated rings. The molecule has 0 aromatic heterocycles. The van der Waals surface area contributed by atoms with Gasteiger partial charge in [-0.3, -0.25) is 0 Å². The molecule has 0 radical (unpaired) electrons. The second-order valence-electron chi connectivity index (χ2n) is 21.3. The summed E-state index contributed by atoms with van der Waals surface area (Å²) in [6.07, 6.45) is 28.2. The molecule has 2 atom stereocenters. The quantitative estimate of drug-likeness (QED) is 0.0266. The van der Waals surface area contributed by atoms with E-state index >= 15 is 35.1 Å². The molecule has 2 unspecified atom stereocenters.